The van der Waals surface area contributed by atoms with Gasteiger partial charge in [-0.15, -0.1) is 6.58 Å². The Bertz CT molecular complexity index is 670. The molecule has 1 aliphatic rings. The van der Waals surface area contributed by atoms with Gasteiger partial charge < -0.3 is 15.7 Å². The highest BCUT2D eigenvalue weighted by atomic mass is 16.6. The molecule has 24 heavy (non-hydrogen) atoms. The first-order valence-corrected chi connectivity index (χ1v) is 7.62. The molecule has 1 amide bonds. The topological polar surface area (TPSA) is 122 Å². The molecule has 3 N–H and O–H groups in total. The summed E-state index contributed by atoms with van der Waals surface area (Å²) in [5.74, 6) is -1.82. The number of aliphatic carboxylic acids is 1. The molecule has 2 rings (SSSR count). The average molecular weight is 333 g/mol. The lowest BCUT2D eigenvalue weighted by Gasteiger charge is -2.14. The lowest BCUT2D eigenvalue weighted by Crippen LogP contribution is -2.40. The molecule has 1 fully saturated rings. The van der Waals surface area contributed by atoms with E-state index in [1.165, 1.54) is 12.1 Å². The maximum absolute atomic E-state index is 12.2. The van der Waals surface area contributed by atoms with Crippen molar-refractivity contribution in [3.63, 3.8) is 0 Å². The Labute approximate surface area is 138 Å². The van der Waals surface area contributed by atoms with E-state index in [4.69, 9.17) is 5.11 Å². The van der Waals surface area contributed by atoms with Crippen molar-refractivity contribution >= 4 is 23.3 Å². The van der Waals surface area contributed by atoms with Crippen LogP contribution in [0.25, 0.3) is 0 Å². The minimum Gasteiger partial charge on any atom is -0.480 e. The van der Waals surface area contributed by atoms with Crippen LogP contribution in [0.2, 0.25) is 0 Å². The Morgan fingerprint density at radius 2 is 2.17 bits per heavy atom. The van der Waals surface area contributed by atoms with Gasteiger partial charge in [0.05, 0.1) is 4.92 Å². The van der Waals surface area contributed by atoms with Gasteiger partial charge >= 0.3 is 5.97 Å². The standard InChI is InChI=1S/C16H19N3O5/c1-2-3-4-13(16(21)22)18-15(20)10-5-8-12(17-11-6-7-11)14(9-10)19(23)24/h2,5,8-9,11,13,17H,1,3-4,6-7H2,(H,18,20)(H,21,22). The molecule has 1 aliphatic carbocycles. The molecule has 1 aromatic carbocycles. The number of benzene rings is 1. The molecule has 0 aliphatic heterocycles. The van der Waals surface area contributed by atoms with Crippen molar-refractivity contribution in [1.29, 1.82) is 0 Å². The largest absolute Gasteiger partial charge is 0.480 e. The van der Waals surface area contributed by atoms with Crippen LogP contribution >= 0.6 is 0 Å². The molecule has 0 spiro atoms. The van der Waals surface area contributed by atoms with Crippen LogP contribution in [0, 0.1) is 10.1 Å². The lowest BCUT2D eigenvalue weighted by molar-refractivity contribution is -0.384. The number of rotatable bonds is 9. The zero-order valence-corrected chi connectivity index (χ0v) is 13.0. The Balaban J connectivity index is 2.15. The highest BCUT2D eigenvalue weighted by molar-refractivity contribution is 5.97. The minimum atomic E-state index is -1.16. The number of amides is 1. The van der Waals surface area contributed by atoms with Crippen molar-refractivity contribution in [2.24, 2.45) is 0 Å². The number of carboxylic acids is 1. The third kappa shape index (κ3) is 4.55. The summed E-state index contributed by atoms with van der Waals surface area (Å²) in [6, 6.07) is 3.24. The molecule has 1 saturated carbocycles. The molecule has 1 unspecified atom stereocenters. The summed E-state index contributed by atoms with van der Waals surface area (Å²) in [6.45, 7) is 3.51. The van der Waals surface area contributed by atoms with Crippen molar-refractivity contribution in [3.05, 3.63) is 46.5 Å². The molecule has 1 atom stereocenters. The monoisotopic (exact) mass is 333 g/mol. The summed E-state index contributed by atoms with van der Waals surface area (Å²) >= 11 is 0. The molecular weight excluding hydrogens is 314 g/mol. The third-order valence-electron chi connectivity index (χ3n) is 3.66. The molecule has 8 heteroatoms. The van der Waals surface area contributed by atoms with Crippen molar-refractivity contribution in [2.75, 3.05) is 5.32 Å². The number of nitro groups is 1. The zero-order chi connectivity index (χ0) is 17.7. The molecule has 0 aromatic heterocycles. The number of carbonyl (C=O) groups excluding carboxylic acids is 1. The summed E-state index contributed by atoms with van der Waals surface area (Å²) in [6.07, 6.45) is 4.12. The molecule has 0 heterocycles. The number of nitro benzene ring substituents is 1. The fraction of sp³-hybridized carbons (Fsp3) is 0.375. The first-order valence-electron chi connectivity index (χ1n) is 7.62. The van der Waals surface area contributed by atoms with E-state index in [1.54, 1.807) is 6.08 Å². The van der Waals surface area contributed by atoms with Gasteiger partial charge in [0.25, 0.3) is 11.6 Å². The van der Waals surface area contributed by atoms with E-state index in [0.29, 0.717) is 12.1 Å². The second kappa shape index (κ2) is 7.58. The van der Waals surface area contributed by atoms with Crippen LogP contribution in [-0.4, -0.2) is 34.0 Å². The summed E-state index contributed by atoms with van der Waals surface area (Å²) in [7, 11) is 0. The van der Waals surface area contributed by atoms with Gasteiger partial charge in [-0.1, -0.05) is 6.08 Å². The van der Waals surface area contributed by atoms with E-state index < -0.39 is 22.8 Å². The third-order valence-corrected chi connectivity index (χ3v) is 3.66. The number of nitrogens with zero attached hydrogens (tertiary/aromatic N) is 1. The fourth-order valence-corrected chi connectivity index (χ4v) is 2.18. The quantitative estimate of drug-likeness (QED) is 0.362. The number of hydrogen-bond acceptors (Lipinski definition) is 5. The van der Waals surface area contributed by atoms with Gasteiger partial charge in [0.2, 0.25) is 0 Å². The highest BCUT2D eigenvalue weighted by Gasteiger charge is 2.26. The van der Waals surface area contributed by atoms with Gasteiger partial charge in [-0.25, -0.2) is 4.79 Å². The molecule has 0 radical (unpaired) electrons. The van der Waals surface area contributed by atoms with Crippen LogP contribution in [0.4, 0.5) is 11.4 Å². The predicted octanol–water partition coefficient (Wildman–Crippen LogP) is 2.32. The van der Waals surface area contributed by atoms with Gasteiger partial charge in [0.1, 0.15) is 11.7 Å². The zero-order valence-electron chi connectivity index (χ0n) is 13.0. The lowest BCUT2D eigenvalue weighted by atomic mass is 10.1. The minimum absolute atomic E-state index is 0.0490. The van der Waals surface area contributed by atoms with Crippen LogP contribution in [0.1, 0.15) is 36.0 Å². The van der Waals surface area contributed by atoms with Gasteiger partial charge in [-0.3, -0.25) is 14.9 Å². The number of carboxylic acid groups (broad SMARTS) is 1. The maximum Gasteiger partial charge on any atom is 0.326 e. The number of allylic oxidation sites excluding steroid dienone is 1. The van der Waals surface area contributed by atoms with Crippen molar-refractivity contribution in [3.8, 4) is 0 Å². The Kier molecular flexibility index (Phi) is 5.51. The van der Waals surface area contributed by atoms with E-state index in [1.807, 2.05) is 0 Å². The summed E-state index contributed by atoms with van der Waals surface area (Å²) in [5, 5.41) is 25.7. The Morgan fingerprint density at radius 3 is 2.71 bits per heavy atom. The molecule has 128 valence electrons. The van der Waals surface area contributed by atoms with E-state index in [2.05, 4.69) is 17.2 Å². The summed E-state index contributed by atoms with van der Waals surface area (Å²) in [4.78, 5) is 34.0. The van der Waals surface area contributed by atoms with Crippen LogP contribution in [0.5, 0.6) is 0 Å². The molecule has 0 saturated heterocycles. The Morgan fingerprint density at radius 1 is 1.46 bits per heavy atom. The smallest absolute Gasteiger partial charge is 0.326 e. The average Bonchev–Trinajstić information content (AvgIpc) is 3.35. The summed E-state index contributed by atoms with van der Waals surface area (Å²) < 4.78 is 0. The van der Waals surface area contributed by atoms with Crippen molar-refractivity contribution in [1.82, 2.24) is 5.32 Å². The number of nitrogens with one attached hydrogen (secondary N) is 2. The van der Waals surface area contributed by atoms with Crippen LogP contribution in [0.15, 0.2) is 30.9 Å². The van der Waals surface area contributed by atoms with Gasteiger partial charge in [-0.2, -0.15) is 0 Å². The molecule has 1 aromatic rings. The van der Waals surface area contributed by atoms with Gasteiger partial charge in [0.15, 0.2) is 0 Å². The first kappa shape index (κ1) is 17.5. The molecule has 8 nitrogen and oxygen atoms in total. The van der Waals surface area contributed by atoms with E-state index in [0.717, 1.165) is 18.9 Å². The van der Waals surface area contributed by atoms with E-state index in [-0.39, 0.29) is 23.7 Å². The predicted molar refractivity (Wildman–Crippen MR) is 88.1 cm³/mol. The SMILES string of the molecule is C=CCCC(NC(=O)c1ccc(NC2CC2)c([N+](=O)[O-])c1)C(=O)O. The second-order valence-electron chi connectivity index (χ2n) is 5.64. The van der Waals surface area contributed by atoms with Crippen molar-refractivity contribution in [2.45, 2.75) is 37.8 Å². The van der Waals surface area contributed by atoms with Crippen LogP contribution < -0.4 is 10.6 Å². The number of hydrogen-bond donors (Lipinski definition) is 3. The fourth-order valence-electron chi connectivity index (χ4n) is 2.18. The molecule has 0 bridgehead atoms. The highest BCUT2D eigenvalue weighted by Crippen LogP contribution is 2.31. The number of carbonyl (C=O) groups is 2. The number of anilines is 1. The van der Waals surface area contributed by atoms with E-state index >= 15 is 0 Å². The summed E-state index contributed by atoms with van der Waals surface area (Å²) in [5.41, 5.74) is 0.209. The van der Waals surface area contributed by atoms with Crippen LogP contribution in [0.3, 0.4) is 0 Å². The van der Waals surface area contributed by atoms with Crippen molar-refractivity contribution < 1.29 is 19.6 Å². The molecular formula is C16H19N3O5. The second-order valence-corrected chi connectivity index (χ2v) is 5.64. The maximum atomic E-state index is 12.2. The van der Waals surface area contributed by atoms with Gasteiger partial charge in [-0.05, 0) is 37.8 Å². The Hall–Kier alpha value is -2.90. The first-order chi connectivity index (χ1) is 11.4. The van der Waals surface area contributed by atoms with E-state index in [9.17, 15) is 19.7 Å². The van der Waals surface area contributed by atoms with Crippen LogP contribution in [-0.2, 0) is 4.79 Å². The normalized spacial score (nSPS) is 14.5. The van der Waals surface area contributed by atoms with Gasteiger partial charge in [0, 0.05) is 17.7 Å².